The van der Waals surface area contributed by atoms with E-state index in [1.807, 2.05) is 13.8 Å². The Morgan fingerprint density at radius 2 is 2.24 bits per heavy atom. The second-order valence-corrected chi connectivity index (χ2v) is 4.54. The molecule has 2 heterocycles. The second kappa shape index (κ2) is 3.85. The third kappa shape index (κ3) is 2.14. The van der Waals surface area contributed by atoms with Gasteiger partial charge in [0, 0.05) is 0 Å². The van der Waals surface area contributed by atoms with Crippen molar-refractivity contribution in [2.45, 2.75) is 32.4 Å². The molecule has 0 aliphatic rings. The normalized spacial score (nSPS) is 13.9. The summed E-state index contributed by atoms with van der Waals surface area (Å²) in [6, 6.07) is 3.38. The number of aliphatic hydroxyl groups excluding tert-OH is 1. The van der Waals surface area contributed by atoms with Gasteiger partial charge in [0.1, 0.15) is 5.82 Å². The molecule has 0 amide bonds. The van der Waals surface area contributed by atoms with Crippen LogP contribution in [-0.2, 0) is 0 Å². The molecule has 0 bridgehead atoms. The standard InChI is InChI=1S/C10H15N5O2/c1-6(16)10(2,3)11-7-4-5-8-12-13-9(17)15(8)14-7/h4-6,16H,1-3H3,(H,11,14)(H,13,17). The molecule has 92 valence electrons. The summed E-state index contributed by atoms with van der Waals surface area (Å²) in [4.78, 5) is 11.3. The number of H-pyrrole nitrogens is 1. The number of fused-ring (bicyclic) bond motifs is 1. The molecule has 0 aliphatic carbocycles. The van der Waals surface area contributed by atoms with Crippen LogP contribution in [0.4, 0.5) is 5.82 Å². The number of aromatic nitrogens is 4. The minimum absolute atomic E-state index is 0.390. The molecule has 7 nitrogen and oxygen atoms in total. The van der Waals surface area contributed by atoms with Gasteiger partial charge in [-0.3, -0.25) is 0 Å². The van der Waals surface area contributed by atoms with E-state index in [0.717, 1.165) is 0 Å². The number of aliphatic hydroxyl groups is 1. The molecular formula is C10H15N5O2. The van der Waals surface area contributed by atoms with Gasteiger partial charge in [-0.15, -0.1) is 5.10 Å². The van der Waals surface area contributed by atoms with Crippen molar-refractivity contribution in [3.8, 4) is 0 Å². The number of anilines is 1. The number of nitrogens with one attached hydrogen (secondary N) is 2. The predicted octanol–water partition coefficient (Wildman–Crippen LogP) is -0.0111. The van der Waals surface area contributed by atoms with Crippen LogP contribution in [0.5, 0.6) is 0 Å². The van der Waals surface area contributed by atoms with Gasteiger partial charge in [0.15, 0.2) is 5.65 Å². The lowest BCUT2D eigenvalue weighted by Gasteiger charge is -2.29. The van der Waals surface area contributed by atoms with Crippen LogP contribution >= 0.6 is 0 Å². The number of rotatable bonds is 3. The molecule has 17 heavy (non-hydrogen) atoms. The molecule has 1 unspecified atom stereocenters. The van der Waals surface area contributed by atoms with Crippen LogP contribution in [0.25, 0.3) is 5.65 Å². The van der Waals surface area contributed by atoms with Crippen LogP contribution in [-0.4, -0.2) is 36.6 Å². The first-order chi connectivity index (χ1) is 7.90. The van der Waals surface area contributed by atoms with E-state index in [0.29, 0.717) is 11.5 Å². The van der Waals surface area contributed by atoms with Crippen molar-refractivity contribution in [3.05, 3.63) is 22.6 Å². The Morgan fingerprint density at radius 3 is 2.88 bits per heavy atom. The molecule has 0 fully saturated rings. The van der Waals surface area contributed by atoms with Gasteiger partial charge in [-0.05, 0) is 32.9 Å². The maximum atomic E-state index is 11.3. The molecular weight excluding hydrogens is 222 g/mol. The topological polar surface area (TPSA) is 95.3 Å². The first kappa shape index (κ1) is 11.6. The number of hydrogen-bond donors (Lipinski definition) is 3. The summed E-state index contributed by atoms with van der Waals surface area (Å²) in [7, 11) is 0. The van der Waals surface area contributed by atoms with Gasteiger partial charge in [0.25, 0.3) is 0 Å². The average molecular weight is 237 g/mol. The van der Waals surface area contributed by atoms with Crippen molar-refractivity contribution < 1.29 is 5.11 Å². The minimum atomic E-state index is -0.555. The van der Waals surface area contributed by atoms with Crippen molar-refractivity contribution in [1.82, 2.24) is 19.8 Å². The first-order valence-corrected chi connectivity index (χ1v) is 5.31. The van der Waals surface area contributed by atoms with E-state index in [1.165, 1.54) is 4.52 Å². The highest BCUT2D eigenvalue weighted by molar-refractivity contribution is 5.44. The lowest BCUT2D eigenvalue weighted by atomic mass is 9.99. The van der Waals surface area contributed by atoms with Gasteiger partial charge in [-0.2, -0.15) is 9.61 Å². The monoisotopic (exact) mass is 237 g/mol. The minimum Gasteiger partial charge on any atom is -0.391 e. The fraction of sp³-hybridized carbons (Fsp3) is 0.500. The van der Waals surface area contributed by atoms with E-state index in [1.54, 1.807) is 19.1 Å². The van der Waals surface area contributed by atoms with Gasteiger partial charge >= 0.3 is 5.69 Å². The Morgan fingerprint density at radius 1 is 1.53 bits per heavy atom. The van der Waals surface area contributed by atoms with E-state index in [2.05, 4.69) is 20.6 Å². The highest BCUT2D eigenvalue weighted by Gasteiger charge is 2.24. The van der Waals surface area contributed by atoms with Crippen LogP contribution in [0.1, 0.15) is 20.8 Å². The van der Waals surface area contributed by atoms with E-state index >= 15 is 0 Å². The van der Waals surface area contributed by atoms with E-state index in [-0.39, 0.29) is 0 Å². The Labute approximate surface area is 97.5 Å². The summed E-state index contributed by atoms with van der Waals surface area (Å²) in [6.07, 6.45) is -0.555. The molecule has 3 N–H and O–H groups in total. The van der Waals surface area contributed by atoms with E-state index < -0.39 is 17.3 Å². The highest BCUT2D eigenvalue weighted by Crippen LogP contribution is 2.16. The number of aromatic amines is 1. The van der Waals surface area contributed by atoms with Gasteiger partial charge < -0.3 is 10.4 Å². The van der Waals surface area contributed by atoms with Crippen LogP contribution in [0.2, 0.25) is 0 Å². The molecule has 0 radical (unpaired) electrons. The maximum Gasteiger partial charge on any atom is 0.364 e. The molecule has 2 aromatic rings. The molecule has 0 aliphatic heterocycles. The molecule has 2 rings (SSSR count). The quantitative estimate of drug-likeness (QED) is 0.697. The number of hydrogen-bond acceptors (Lipinski definition) is 5. The summed E-state index contributed by atoms with van der Waals surface area (Å²) < 4.78 is 1.17. The number of nitrogens with zero attached hydrogens (tertiary/aromatic N) is 3. The zero-order valence-electron chi connectivity index (χ0n) is 9.93. The Hall–Kier alpha value is -1.89. The smallest absolute Gasteiger partial charge is 0.364 e. The van der Waals surface area contributed by atoms with E-state index in [4.69, 9.17) is 0 Å². The van der Waals surface area contributed by atoms with Gasteiger partial charge in [-0.1, -0.05) is 0 Å². The van der Waals surface area contributed by atoms with Crippen LogP contribution in [0.15, 0.2) is 16.9 Å². The summed E-state index contributed by atoms with van der Waals surface area (Å²) in [6.45, 7) is 5.39. The Balaban J connectivity index is 2.37. The lowest BCUT2D eigenvalue weighted by molar-refractivity contribution is 0.133. The zero-order chi connectivity index (χ0) is 12.6. The second-order valence-electron chi connectivity index (χ2n) is 4.54. The molecule has 1 atom stereocenters. The van der Waals surface area contributed by atoms with Gasteiger partial charge in [0.2, 0.25) is 0 Å². The van der Waals surface area contributed by atoms with Gasteiger partial charge in [-0.25, -0.2) is 9.89 Å². The molecule has 0 aromatic carbocycles. The van der Waals surface area contributed by atoms with Crippen molar-refractivity contribution >= 4 is 11.5 Å². The first-order valence-electron chi connectivity index (χ1n) is 5.31. The maximum absolute atomic E-state index is 11.3. The van der Waals surface area contributed by atoms with Crippen LogP contribution in [0.3, 0.4) is 0 Å². The third-order valence-corrected chi connectivity index (χ3v) is 2.77. The molecule has 7 heteroatoms. The molecule has 2 aromatic heterocycles. The SMILES string of the molecule is CC(O)C(C)(C)Nc1ccc2n[nH]c(=O)n2n1. The summed E-state index contributed by atoms with van der Waals surface area (Å²) >= 11 is 0. The largest absolute Gasteiger partial charge is 0.391 e. The highest BCUT2D eigenvalue weighted by atomic mass is 16.3. The molecule has 0 spiro atoms. The summed E-state index contributed by atoms with van der Waals surface area (Å²) in [5, 5.41) is 22.8. The van der Waals surface area contributed by atoms with Crippen molar-refractivity contribution in [3.63, 3.8) is 0 Å². The Bertz CT molecular complexity index is 584. The van der Waals surface area contributed by atoms with Crippen molar-refractivity contribution in [1.29, 1.82) is 0 Å². The van der Waals surface area contributed by atoms with Crippen molar-refractivity contribution in [2.75, 3.05) is 5.32 Å². The summed E-state index contributed by atoms with van der Waals surface area (Å²) in [5.74, 6) is 0.506. The van der Waals surface area contributed by atoms with Crippen LogP contribution < -0.4 is 11.0 Å². The van der Waals surface area contributed by atoms with Crippen LogP contribution in [0, 0.1) is 0 Å². The van der Waals surface area contributed by atoms with E-state index in [9.17, 15) is 9.90 Å². The predicted molar refractivity (Wildman–Crippen MR) is 63.0 cm³/mol. The molecule has 0 saturated carbocycles. The lowest BCUT2D eigenvalue weighted by Crippen LogP contribution is -2.42. The van der Waals surface area contributed by atoms with Crippen molar-refractivity contribution in [2.24, 2.45) is 0 Å². The zero-order valence-corrected chi connectivity index (χ0v) is 9.93. The summed E-state index contributed by atoms with van der Waals surface area (Å²) in [5.41, 5.74) is -0.470. The fourth-order valence-electron chi connectivity index (χ4n) is 1.30. The average Bonchev–Trinajstić information content (AvgIpc) is 2.60. The third-order valence-electron chi connectivity index (χ3n) is 2.77. The fourth-order valence-corrected chi connectivity index (χ4v) is 1.30. The molecule has 0 saturated heterocycles. The Kier molecular flexibility index (Phi) is 2.62. The van der Waals surface area contributed by atoms with Gasteiger partial charge in [0.05, 0.1) is 11.6 Å².